The molecule has 126 valence electrons. The minimum Gasteiger partial charge on any atom is -0.368 e. The molecule has 3 nitrogen and oxygen atoms in total. The van der Waals surface area contributed by atoms with Gasteiger partial charge in [0.05, 0.1) is 0 Å². The van der Waals surface area contributed by atoms with E-state index in [-0.39, 0.29) is 5.91 Å². The molecule has 4 heteroatoms. The summed E-state index contributed by atoms with van der Waals surface area (Å²) in [4.78, 5) is 17.2. The molecule has 1 fully saturated rings. The molecule has 1 saturated heterocycles. The van der Waals surface area contributed by atoms with Crippen LogP contribution in [0.3, 0.4) is 0 Å². The normalized spacial score (nSPS) is 14.8. The number of carbonyl (C=O) groups is 1. The quantitative estimate of drug-likeness (QED) is 0.681. The zero-order valence-corrected chi connectivity index (χ0v) is 14.6. The zero-order valence-electron chi connectivity index (χ0n) is 13.9. The molecule has 1 heterocycles. The van der Waals surface area contributed by atoms with Crippen LogP contribution in [0.5, 0.6) is 0 Å². The number of hydrogen-bond acceptors (Lipinski definition) is 2. The Hall–Kier alpha value is -2.52. The van der Waals surface area contributed by atoms with Crippen LogP contribution in [-0.4, -0.2) is 37.0 Å². The summed E-state index contributed by atoms with van der Waals surface area (Å²) >= 11 is 6.09. The number of rotatable bonds is 2. The number of carbonyl (C=O) groups excluding carboxylic acids is 1. The van der Waals surface area contributed by atoms with Crippen LogP contribution >= 0.6 is 11.6 Å². The lowest BCUT2D eigenvalue weighted by atomic mass is 10.0. The lowest BCUT2D eigenvalue weighted by molar-refractivity contribution is 0.0749. The summed E-state index contributed by atoms with van der Waals surface area (Å²) in [5.74, 6) is 0.113. The molecular formula is C21H19ClN2O. The second-order valence-corrected chi connectivity index (χ2v) is 6.72. The van der Waals surface area contributed by atoms with Crippen LogP contribution in [0.25, 0.3) is 10.8 Å². The molecule has 4 rings (SSSR count). The van der Waals surface area contributed by atoms with Crippen molar-refractivity contribution in [3.05, 3.63) is 77.3 Å². The van der Waals surface area contributed by atoms with Gasteiger partial charge in [-0.15, -0.1) is 0 Å². The van der Waals surface area contributed by atoms with Crippen molar-refractivity contribution in [2.24, 2.45) is 0 Å². The van der Waals surface area contributed by atoms with Crippen LogP contribution < -0.4 is 4.90 Å². The van der Waals surface area contributed by atoms with Gasteiger partial charge >= 0.3 is 0 Å². The summed E-state index contributed by atoms with van der Waals surface area (Å²) in [6.45, 7) is 3.07. The van der Waals surface area contributed by atoms with E-state index < -0.39 is 0 Å². The molecule has 0 saturated carbocycles. The van der Waals surface area contributed by atoms with E-state index in [1.54, 1.807) is 0 Å². The smallest absolute Gasteiger partial charge is 0.254 e. The van der Waals surface area contributed by atoms with Gasteiger partial charge in [-0.1, -0.05) is 54.1 Å². The second-order valence-electron chi connectivity index (χ2n) is 6.29. The highest BCUT2D eigenvalue weighted by atomic mass is 35.5. The first kappa shape index (κ1) is 16.0. The van der Waals surface area contributed by atoms with E-state index in [1.165, 1.54) is 0 Å². The molecule has 0 atom stereocenters. The molecule has 0 aliphatic carbocycles. The van der Waals surface area contributed by atoms with Crippen LogP contribution in [0.1, 0.15) is 10.4 Å². The summed E-state index contributed by atoms with van der Waals surface area (Å²) in [6, 6.07) is 21.9. The van der Waals surface area contributed by atoms with Crippen LogP contribution in [0.2, 0.25) is 5.02 Å². The molecule has 3 aromatic carbocycles. The number of piperazine rings is 1. The van der Waals surface area contributed by atoms with E-state index in [9.17, 15) is 4.79 Å². The van der Waals surface area contributed by atoms with Crippen LogP contribution in [-0.2, 0) is 0 Å². The summed E-state index contributed by atoms with van der Waals surface area (Å²) in [5.41, 5.74) is 1.90. The van der Waals surface area contributed by atoms with Crippen molar-refractivity contribution in [1.82, 2.24) is 4.90 Å². The van der Waals surface area contributed by atoms with Crippen molar-refractivity contribution in [2.75, 3.05) is 31.1 Å². The van der Waals surface area contributed by atoms with E-state index in [1.807, 2.05) is 65.6 Å². The van der Waals surface area contributed by atoms with E-state index >= 15 is 0 Å². The molecule has 0 spiro atoms. The molecule has 1 amide bonds. The SMILES string of the molecule is O=C(c1cccc2ccccc12)N1CCN(c2cccc(Cl)c2)CC1. The number of nitrogens with zero attached hydrogens (tertiary/aromatic N) is 2. The van der Waals surface area contributed by atoms with E-state index in [0.29, 0.717) is 13.1 Å². The molecule has 0 bridgehead atoms. The summed E-state index contributed by atoms with van der Waals surface area (Å²) < 4.78 is 0. The first-order valence-corrected chi connectivity index (χ1v) is 8.88. The minimum atomic E-state index is 0.113. The predicted molar refractivity (Wildman–Crippen MR) is 104 cm³/mol. The number of amides is 1. The standard InChI is InChI=1S/C21H19ClN2O/c22-17-7-4-8-18(15-17)23-11-13-24(14-12-23)21(25)20-10-3-6-16-5-1-2-9-19(16)20/h1-10,15H,11-14H2. The van der Waals surface area contributed by atoms with Gasteiger partial charge in [0.1, 0.15) is 0 Å². The first-order chi connectivity index (χ1) is 12.2. The molecule has 0 N–H and O–H groups in total. The van der Waals surface area contributed by atoms with Crippen molar-refractivity contribution < 1.29 is 4.79 Å². The maximum atomic E-state index is 13.0. The van der Waals surface area contributed by atoms with Crippen LogP contribution in [0, 0.1) is 0 Å². The Labute approximate surface area is 152 Å². The largest absolute Gasteiger partial charge is 0.368 e. The average molecular weight is 351 g/mol. The van der Waals surface area contributed by atoms with Gasteiger partial charge in [-0.25, -0.2) is 0 Å². The molecular weight excluding hydrogens is 332 g/mol. The van der Waals surface area contributed by atoms with Gasteiger partial charge < -0.3 is 9.80 Å². The topological polar surface area (TPSA) is 23.6 Å². The fourth-order valence-corrected chi connectivity index (χ4v) is 3.61. The fraction of sp³-hybridized carbons (Fsp3) is 0.190. The molecule has 3 aromatic rings. The van der Waals surface area contributed by atoms with Gasteiger partial charge in [0.25, 0.3) is 5.91 Å². The highest BCUT2D eigenvalue weighted by Crippen LogP contribution is 2.23. The summed E-state index contributed by atoms with van der Waals surface area (Å²) in [6.07, 6.45) is 0. The van der Waals surface area contributed by atoms with Crippen molar-refractivity contribution >= 4 is 34.0 Å². The Balaban J connectivity index is 1.51. The van der Waals surface area contributed by atoms with E-state index in [2.05, 4.69) is 11.0 Å². The zero-order chi connectivity index (χ0) is 17.2. The summed E-state index contributed by atoms with van der Waals surface area (Å²) in [7, 11) is 0. The van der Waals surface area contributed by atoms with Gasteiger partial charge in [-0.3, -0.25) is 4.79 Å². The van der Waals surface area contributed by atoms with Crippen molar-refractivity contribution in [1.29, 1.82) is 0 Å². The maximum Gasteiger partial charge on any atom is 0.254 e. The highest BCUT2D eigenvalue weighted by molar-refractivity contribution is 6.30. The minimum absolute atomic E-state index is 0.113. The Bertz CT molecular complexity index is 911. The highest BCUT2D eigenvalue weighted by Gasteiger charge is 2.23. The Morgan fingerprint density at radius 2 is 1.56 bits per heavy atom. The number of benzene rings is 3. The lowest BCUT2D eigenvalue weighted by Gasteiger charge is -2.36. The van der Waals surface area contributed by atoms with Gasteiger partial charge in [0.15, 0.2) is 0 Å². The molecule has 0 unspecified atom stereocenters. The number of halogens is 1. The van der Waals surface area contributed by atoms with Gasteiger partial charge in [-0.2, -0.15) is 0 Å². The third-order valence-electron chi connectivity index (χ3n) is 4.76. The van der Waals surface area contributed by atoms with Crippen molar-refractivity contribution in [2.45, 2.75) is 0 Å². The van der Waals surface area contributed by atoms with Crippen LogP contribution in [0.15, 0.2) is 66.7 Å². The van der Waals surface area contributed by atoms with Crippen LogP contribution in [0.4, 0.5) is 5.69 Å². The molecule has 1 aliphatic heterocycles. The maximum absolute atomic E-state index is 13.0. The first-order valence-electron chi connectivity index (χ1n) is 8.50. The van der Waals surface area contributed by atoms with Crippen molar-refractivity contribution in [3.63, 3.8) is 0 Å². The number of anilines is 1. The Morgan fingerprint density at radius 1 is 0.840 bits per heavy atom. The molecule has 0 aromatic heterocycles. The Kier molecular flexibility index (Phi) is 4.33. The second kappa shape index (κ2) is 6.77. The number of hydrogen-bond donors (Lipinski definition) is 0. The summed E-state index contributed by atoms with van der Waals surface area (Å²) in [5, 5.41) is 2.87. The Morgan fingerprint density at radius 3 is 2.36 bits per heavy atom. The van der Waals surface area contributed by atoms with Gasteiger partial charge in [-0.05, 0) is 35.0 Å². The predicted octanol–water partition coefficient (Wildman–Crippen LogP) is 4.46. The third kappa shape index (κ3) is 3.20. The fourth-order valence-electron chi connectivity index (χ4n) is 3.42. The van der Waals surface area contributed by atoms with E-state index in [4.69, 9.17) is 11.6 Å². The number of fused-ring (bicyclic) bond motifs is 1. The van der Waals surface area contributed by atoms with Gasteiger partial charge in [0.2, 0.25) is 0 Å². The monoisotopic (exact) mass is 350 g/mol. The van der Waals surface area contributed by atoms with E-state index in [0.717, 1.165) is 40.1 Å². The molecule has 25 heavy (non-hydrogen) atoms. The van der Waals surface area contributed by atoms with Crippen molar-refractivity contribution in [3.8, 4) is 0 Å². The van der Waals surface area contributed by atoms with Gasteiger partial charge in [0, 0.05) is 42.5 Å². The molecule has 1 aliphatic rings. The average Bonchev–Trinajstić information content (AvgIpc) is 2.67. The molecule has 0 radical (unpaired) electrons. The third-order valence-corrected chi connectivity index (χ3v) is 5.00. The lowest BCUT2D eigenvalue weighted by Crippen LogP contribution is -2.48.